The van der Waals surface area contributed by atoms with Gasteiger partial charge < -0.3 is 45.6 Å². The van der Waals surface area contributed by atoms with Crippen LogP contribution in [-0.2, 0) is 24.2 Å². The summed E-state index contributed by atoms with van der Waals surface area (Å²) < 4.78 is 46.7. The van der Waals surface area contributed by atoms with Gasteiger partial charge in [-0.25, -0.2) is 4.98 Å². The number of aromatic nitrogens is 5. The number of piperidine rings is 2. The summed E-state index contributed by atoms with van der Waals surface area (Å²) in [5, 5.41) is 37.9. The molecule has 3 aliphatic rings. The smallest absolute Gasteiger partial charge is 0.405 e. The molecule has 18 nitrogen and oxygen atoms in total. The van der Waals surface area contributed by atoms with Crippen LogP contribution < -0.4 is 35.4 Å². The van der Waals surface area contributed by atoms with Crippen LogP contribution >= 0.6 is 0 Å². The molecule has 10 rings (SSSR count). The molecule has 5 heterocycles. The van der Waals surface area contributed by atoms with E-state index in [0.717, 1.165) is 93.8 Å². The van der Waals surface area contributed by atoms with Gasteiger partial charge in [0, 0.05) is 69.7 Å². The van der Waals surface area contributed by atoms with Crippen molar-refractivity contribution < 1.29 is 42.5 Å². The number of benzene rings is 5. The molecule has 0 bridgehead atoms. The lowest BCUT2D eigenvalue weighted by molar-refractivity contribution is -0.125. The zero-order chi connectivity index (χ0) is 58.5. The van der Waals surface area contributed by atoms with E-state index in [0.29, 0.717) is 64.8 Å². The molecule has 434 valence electrons. The number of phenols is 2. The van der Waals surface area contributed by atoms with E-state index < -0.39 is 18.6 Å². The summed E-state index contributed by atoms with van der Waals surface area (Å²) in [7, 11) is 3.61. The number of carbonyl (C=O) groups excluding carboxylic acids is 3. The van der Waals surface area contributed by atoms with Crippen LogP contribution in [0, 0.1) is 11.8 Å². The van der Waals surface area contributed by atoms with Gasteiger partial charge in [-0.3, -0.25) is 23.9 Å². The maximum atomic E-state index is 13.4. The Labute approximate surface area is 480 Å². The summed E-state index contributed by atoms with van der Waals surface area (Å²) in [5.74, 6) is -0.0997. The second-order valence-corrected chi connectivity index (χ2v) is 21.9. The molecular weight excluding hydrogens is 1070 g/mol. The third-order valence-corrected chi connectivity index (χ3v) is 15.9. The number of hydrogen-bond acceptors (Lipinski definition) is 14. The summed E-state index contributed by atoms with van der Waals surface area (Å²) in [6.45, 7) is 9.29. The normalized spacial score (nSPS) is 15.2. The summed E-state index contributed by atoms with van der Waals surface area (Å²) in [5.41, 5.74) is 8.18. The highest BCUT2D eigenvalue weighted by Crippen LogP contribution is 2.41. The van der Waals surface area contributed by atoms with Crippen molar-refractivity contribution in [3.63, 3.8) is 0 Å². The largest absolute Gasteiger partial charge is 0.508 e. The van der Waals surface area contributed by atoms with Crippen molar-refractivity contribution in [3.8, 4) is 34.3 Å². The van der Waals surface area contributed by atoms with Crippen molar-refractivity contribution in [3.05, 3.63) is 143 Å². The van der Waals surface area contributed by atoms with E-state index in [1.54, 1.807) is 36.3 Å². The summed E-state index contributed by atoms with van der Waals surface area (Å²) in [4.78, 5) is 57.4. The minimum Gasteiger partial charge on any atom is -0.508 e. The molecule has 5 N–H and O–H groups in total. The Morgan fingerprint density at radius 3 is 2.18 bits per heavy atom. The summed E-state index contributed by atoms with van der Waals surface area (Å²) >= 11 is 0. The fraction of sp³-hybridized carbons (Fsp3) is 0.371. The van der Waals surface area contributed by atoms with E-state index in [-0.39, 0.29) is 52.4 Å². The highest BCUT2D eigenvalue weighted by Gasteiger charge is 2.33. The van der Waals surface area contributed by atoms with Crippen molar-refractivity contribution >= 4 is 52.2 Å². The number of anilines is 6. The van der Waals surface area contributed by atoms with Crippen molar-refractivity contribution in [2.75, 3.05) is 80.0 Å². The zero-order valence-electron chi connectivity index (χ0n) is 47.2. The number of para-hydroxylation sites is 1. The number of ether oxygens (including phenoxy) is 1. The average molecular weight is 1140 g/mol. The van der Waals surface area contributed by atoms with Gasteiger partial charge in [-0.05, 0) is 135 Å². The first kappa shape index (κ1) is 57.5. The summed E-state index contributed by atoms with van der Waals surface area (Å²) in [6.07, 6.45) is 2.04. The van der Waals surface area contributed by atoms with Gasteiger partial charge in [0.25, 0.3) is 11.8 Å². The van der Waals surface area contributed by atoms with Crippen LogP contribution in [-0.4, -0.2) is 124 Å². The number of carbonyl (C=O) groups is 3. The molecule has 7 aromatic rings. The fourth-order valence-corrected chi connectivity index (χ4v) is 11.2. The molecular formula is C62H69F3N12O6. The van der Waals surface area contributed by atoms with Gasteiger partial charge >= 0.3 is 6.18 Å². The van der Waals surface area contributed by atoms with E-state index in [1.165, 1.54) is 16.2 Å². The molecule has 2 fully saturated rings. The van der Waals surface area contributed by atoms with E-state index in [4.69, 9.17) is 9.72 Å². The molecule has 0 unspecified atom stereocenters. The first-order chi connectivity index (χ1) is 39.9. The fourth-order valence-electron chi connectivity index (χ4n) is 11.2. The Bertz CT molecular complexity index is 3470. The number of hydrogen-bond donors (Lipinski definition) is 5. The van der Waals surface area contributed by atoms with Gasteiger partial charge in [0.15, 0.2) is 11.6 Å². The lowest BCUT2D eigenvalue weighted by Crippen LogP contribution is -2.41. The Hall–Kier alpha value is -8.72. The lowest BCUT2D eigenvalue weighted by atomic mass is 9.90. The van der Waals surface area contributed by atoms with Crippen LogP contribution in [0.25, 0.3) is 17.1 Å². The van der Waals surface area contributed by atoms with Crippen LogP contribution in [0.15, 0.2) is 109 Å². The Balaban J connectivity index is 0.670. The third kappa shape index (κ3) is 13.1. The Kier molecular flexibility index (Phi) is 17.2. The van der Waals surface area contributed by atoms with Crippen molar-refractivity contribution in [1.29, 1.82) is 0 Å². The number of halogens is 3. The van der Waals surface area contributed by atoms with E-state index in [1.807, 2.05) is 92.6 Å². The zero-order valence-corrected chi connectivity index (χ0v) is 47.2. The second-order valence-electron chi connectivity index (χ2n) is 21.9. The molecule has 0 atom stereocenters. The average Bonchev–Trinajstić information content (AvgIpc) is 3.49. The van der Waals surface area contributed by atoms with E-state index >= 15 is 0 Å². The van der Waals surface area contributed by atoms with Gasteiger partial charge in [-0.1, -0.05) is 62.4 Å². The number of aromatic hydroxyl groups is 2. The van der Waals surface area contributed by atoms with Crippen molar-refractivity contribution in [1.82, 2.24) is 40.3 Å². The number of alkyl halides is 3. The highest BCUT2D eigenvalue weighted by atomic mass is 19.4. The number of nitrogens with one attached hydrogen (secondary N) is 3. The Morgan fingerprint density at radius 1 is 0.771 bits per heavy atom. The maximum absolute atomic E-state index is 13.4. The molecule has 0 spiro atoms. The first-order valence-electron chi connectivity index (χ1n) is 28.2. The molecule has 2 saturated heterocycles. The predicted molar refractivity (Wildman–Crippen MR) is 313 cm³/mol. The topological polar surface area (TPSA) is 206 Å². The summed E-state index contributed by atoms with van der Waals surface area (Å²) in [6, 6.07) is 32.2. The molecule has 0 aliphatic carbocycles. The molecule has 21 heteroatoms. The van der Waals surface area contributed by atoms with Gasteiger partial charge in [-0.15, -0.1) is 10.2 Å². The number of likely N-dealkylation sites (tertiary alicyclic amines) is 1. The number of fused-ring (bicyclic) bond motifs is 2. The predicted octanol–water partition coefficient (Wildman–Crippen LogP) is 10.1. The standard InChI is InChI=1S/C62H69F3N12O6/c1-6-83-54-32-45(19-20-49(54)69-61-67-35-51-56(70-61)73(4)50-10-8-7-9-46(50)60(82)74(51)5)76-29-24-43(25-30-76)58(80)66-26-21-39-11-13-42(14-12-39)36-75-27-22-41(23-28-75)31-40-15-17-44(18-16-40)77-55(48-33-47(38(2)3)52(78)34-53(48)79)71-72-57(77)59(81)68-37-62(63,64)65/h7-20,32-35,38,41,43,78-79H,6,21-31,36-37H2,1-5H3,(H,66,80)(H,68,81)(H,67,69,70). The van der Waals surface area contributed by atoms with Crippen LogP contribution in [0.2, 0.25) is 0 Å². The second kappa shape index (κ2) is 24.8. The number of rotatable bonds is 18. The van der Waals surface area contributed by atoms with Gasteiger partial charge in [0.2, 0.25) is 17.7 Å². The lowest BCUT2D eigenvalue weighted by Gasteiger charge is -2.33. The number of amides is 3. The molecule has 0 radical (unpaired) electrons. The minimum absolute atomic E-state index is 0.0308. The molecule has 3 amide bonds. The Morgan fingerprint density at radius 2 is 1.47 bits per heavy atom. The van der Waals surface area contributed by atoms with Gasteiger partial charge in [0.05, 0.1) is 35.3 Å². The van der Waals surface area contributed by atoms with Crippen molar-refractivity contribution in [2.45, 2.75) is 77.9 Å². The molecule has 83 heavy (non-hydrogen) atoms. The van der Waals surface area contributed by atoms with E-state index in [2.05, 4.69) is 59.9 Å². The number of nitrogens with zero attached hydrogens (tertiary/aromatic N) is 9. The van der Waals surface area contributed by atoms with Crippen molar-refractivity contribution in [2.24, 2.45) is 11.8 Å². The monoisotopic (exact) mass is 1130 g/mol. The van der Waals surface area contributed by atoms with Crippen LogP contribution in [0.3, 0.4) is 0 Å². The quantitative estimate of drug-likeness (QED) is 0.0542. The van der Waals surface area contributed by atoms with Crippen LogP contribution in [0.4, 0.5) is 47.7 Å². The number of phenolic OH excluding ortho intramolecular Hbond substituents is 2. The molecule has 2 aromatic heterocycles. The molecule has 0 saturated carbocycles. The minimum atomic E-state index is -4.64. The third-order valence-electron chi connectivity index (χ3n) is 15.9. The van der Waals surface area contributed by atoms with Gasteiger partial charge in [0.1, 0.15) is 29.5 Å². The highest BCUT2D eigenvalue weighted by molar-refractivity contribution is 6.13. The van der Waals surface area contributed by atoms with Crippen LogP contribution in [0.1, 0.15) is 95.6 Å². The molecule has 5 aromatic carbocycles. The SMILES string of the molecule is CCOc1cc(N2CCC(C(=O)NCCc3ccc(CN4CCC(Cc5ccc(-n6c(C(=O)NCC(F)(F)F)nnc6-c6cc(C(C)C)c(O)cc6O)cc5)CC4)cc3)CC2)ccc1Nc1ncc2c(n1)N(C)c1ccccc1C(=O)N2C. The molecule has 3 aliphatic heterocycles. The van der Waals surface area contributed by atoms with Crippen LogP contribution in [0.5, 0.6) is 17.2 Å². The first-order valence-corrected chi connectivity index (χ1v) is 28.2. The maximum Gasteiger partial charge on any atom is 0.405 e. The van der Waals surface area contributed by atoms with Gasteiger partial charge in [-0.2, -0.15) is 18.2 Å². The van der Waals surface area contributed by atoms with E-state index in [9.17, 15) is 37.8 Å².